The highest BCUT2D eigenvalue weighted by Crippen LogP contribution is 2.29. The number of hydrogen-bond donors (Lipinski definition) is 2. The zero-order chi connectivity index (χ0) is 19.9. The first-order valence-electron chi connectivity index (χ1n) is 10.1. The standard InChI is InChI=1S/C21H31N3O4/c1-27-17-7-8-18(19(13-17)28-2)23-20(25)14-24-11-9-15(10-12-24)21(26)22-16-5-3-4-6-16/h7-8,13,15-16H,3-6,9-12,14H2,1-2H3,(H,22,26)(H,23,25). The molecule has 0 radical (unpaired) electrons. The van der Waals surface area contributed by atoms with E-state index in [2.05, 4.69) is 15.5 Å². The Balaban J connectivity index is 1.44. The molecule has 2 N–H and O–H groups in total. The fourth-order valence-electron chi connectivity index (χ4n) is 4.04. The molecule has 2 aliphatic rings. The van der Waals surface area contributed by atoms with Gasteiger partial charge in [0.15, 0.2) is 0 Å². The molecule has 1 heterocycles. The monoisotopic (exact) mass is 389 g/mol. The Morgan fingerprint density at radius 1 is 1.07 bits per heavy atom. The minimum absolute atomic E-state index is 0.0709. The van der Waals surface area contributed by atoms with Crippen LogP contribution in [0.15, 0.2) is 18.2 Å². The second-order valence-electron chi connectivity index (χ2n) is 7.65. The van der Waals surface area contributed by atoms with E-state index in [9.17, 15) is 9.59 Å². The van der Waals surface area contributed by atoms with Crippen LogP contribution in [-0.4, -0.2) is 56.6 Å². The van der Waals surface area contributed by atoms with Gasteiger partial charge in [0.25, 0.3) is 0 Å². The van der Waals surface area contributed by atoms with Crippen LogP contribution in [0.4, 0.5) is 5.69 Å². The average molecular weight is 389 g/mol. The number of ether oxygens (including phenoxy) is 2. The van der Waals surface area contributed by atoms with Crippen molar-refractivity contribution in [2.45, 2.75) is 44.6 Å². The lowest BCUT2D eigenvalue weighted by atomic mass is 9.95. The van der Waals surface area contributed by atoms with E-state index in [-0.39, 0.29) is 17.7 Å². The fraction of sp³-hybridized carbons (Fsp3) is 0.619. The summed E-state index contributed by atoms with van der Waals surface area (Å²) < 4.78 is 10.5. The third kappa shape index (κ3) is 5.38. The molecular weight excluding hydrogens is 358 g/mol. The van der Waals surface area contributed by atoms with Crippen molar-refractivity contribution in [2.75, 3.05) is 39.2 Å². The maximum Gasteiger partial charge on any atom is 0.238 e. The van der Waals surface area contributed by atoms with E-state index in [0.29, 0.717) is 29.8 Å². The number of rotatable bonds is 7. The lowest BCUT2D eigenvalue weighted by molar-refractivity contribution is -0.127. The number of benzene rings is 1. The lowest BCUT2D eigenvalue weighted by Crippen LogP contribution is -2.45. The summed E-state index contributed by atoms with van der Waals surface area (Å²) in [5, 5.41) is 6.10. The van der Waals surface area contributed by atoms with Crippen molar-refractivity contribution < 1.29 is 19.1 Å². The van der Waals surface area contributed by atoms with Crippen LogP contribution in [0.1, 0.15) is 38.5 Å². The number of amides is 2. The maximum atomic E-state index is 12.4. The van der Waals surface area contributed by atoms with Crippen LogP contribution in [0.25, 0.3) is 0 Å². The summed E-state index contributed by atoms with van der Waals surface area (Å²) in [5.41, 5.74) is 0.624. The first kappa shape index (κ1) is 20.5. The van der Waals surface area contributed by atoms with E-state index in [4.69, 9.17) is 9.47 Å². The van der Waals surface area contributed by atoms with Gasteiger partial charge in [-0.25, -0.2) is 0 Å². The summed E-state index contributed by atoms with van der Waals surface area (Å²) in [6, 6.07) is 5.67. The first-order chi connectivity index (χ1) is 13.6. The Labute approximate surface area is 166 Å². The van der Waals surface area contributed by atoms with Gasteiger partial charge >= 0.3 is 0 Å². The van der Waals surface area contributed by atoms with Crippen molar-refractivity contribution in [3.8, 4) is 11.5 Å². The Morgan fingerprint density at radius 3 is 2.43 bits per heavy atom. The predicted molar refractivity (Wildman–Crippen MR) is 108 cm³/mol. The third-order valence-electron chi connectivity index (χ3n) is 5.71. The number of anilines is 1. The normalized spacial score (nSPS) is 18.6. The van der Waals surface area contributed by atoms with Crippen LogP contribution in [0, 0.1) is 5.92 Å². The summed E-state index contributed by atoms with van der Waals surface area (Å²) in [4.78, 5) is 26.9. The van der Waals surface area contributed by atoms with E-state index < -0.39 is 0 Å². The van der Waals surface area contributed by atoms with Crippen molar-refractivity contribution in [3.63, 3.8) is 0 Å². The van der Waals surface area contributed by atoms with Gasteiger partial charge in [-0.2, -0.15) is 0 Å². The van der Waals surface area contributed by atoms with E-state index in [1.54, 1.807) is 32.4 Å². The van der Waals surface area contributed by atoms with Crippen molar-refractivity contribution >= 4 is 17.5 Å². The van der Waals surface area contributed by atoms with Gasteiger partial charge in [-0.3, -0.25) is 14.5 Å². The molecule has 28 heavy (non-hydrogen) atoms. The molecule has 1 saturated heterocycles. The van der Waals surface area contributed by atoms with Gasteiger partial charge in [0.05, 0.1) is 26.5 Å². The molecule has 0 unspecified atom stereocenters. The topological polar surface area (TPSA) is 79.9 Å². The second-order valence-corrected chi connectivity index (χ2v) is 7.65. The largest absolute Gasteiger partial charge is 0.497 e. The Hall–Kier alpha value is -2.28. The van der Waals surface area contributed by atoms with Gasteiger partial charge in [0, 0.05) is 18.0 Å². The third-order valence-corrected chi connectivity index (χ3v) is 5.71. The van der Waals surface area contributed by atoms with Crippen molar-refractivity contribution in [2.24, 2.45) is 5.92 Å². The minimum Gasteiger partial charge on any atom is -0.497 e. The van der Waals surface area contributed by atoms with Crippen LogP contribution in [0.5, 0.6) is 11.5 Å². The molecule has 154 valence electrons. The fourth-order valence-corrected chi connectivity index (χ4v) is 4.04. The zero-order valence-electron chi connectivity index (χ0n) is 16.8. The van der Waals surface area contributed by atoms with Crippen LogP contribution >= 0.6 is 0 Å². The van der Waals surface area contributed by atoms with E-state index in [1.165, 1.54) is 12.8 Å². The van der Waals surface area contributed by atoms with E-state index >= 15 is 0 Å². The van der Waals surface area contributed by atoms with Gasteiger partial charge in [-0.1, -0.05) is 12.8 Å². The number of piperidine rings is 1. The molecule has 0 atom stereocenters. The van der Waals surface area contributed by atoms with Crippen molar-refractivity contribution in [1.29, 1.82) is 0 Å². The molecule has 1 aliphatic carbocycles. The lowest BCUT2D eigenvalue weighted by Gasteiger charge is -2.31. The molecule has 0 spiro atoms. The van der Waals surface area contributed by atoms with Crippen molar-refractivity contribution in [1.82, 2.24) is 10.2 Å². The zero-order valence-corrected chi connectivity index (χ0v) is 16.8. The summed E-state index contributed by atoms with van der Waals surface area (Å²) in [7, 11) is 3.15. The number of hydrogen-bond acceptors (Lipinski definition) is 5. The summed E-state index contributed by atoms with van der Waals surface area (Å²) in [5.74, 6) is 1.42. The van der Waals surface area contributed by atoms with Crippen molar-refractivity contribution in [3.05, 3.63) is 18.2 Å². The molecule has 3 rings (SSSR count). The molecule has 2 amide bonds. The number of nitrogens with one attached hydrogen (secondary N) is 2. The molecule has 0 aromatic heterocycles. The highest BCUT2D eigenvalue weighted by molar-refractivity contribution is 5.93. The number of carbonyl (C=O) groups is 2. The molecule has 1 saturated carbocycles. The molecule has 0 bridgehead atoms. The van der Waals surface area contributed by atoms with Crippen LogP contribution in [0.2, 0.25) is 0 Å². The van der Waals surface area contributed by atoms with Gasteiger partial charge in [-0.15, -0.1) is 0 Å². The number of nitrogens with zero attached hydrogens (tertiary/aromatic N) is 1. The second kappa shape index (κ2) is 9.78. The summed E-state index contributed by atoms with van der Waals surface area (Å²) in [6.07, 6.45) is 6.27. The minimum atomic E-state index is -0.0858. The Morgan fingerprint density at radius 2 is 1.79 bits per heavy atom. The van der Waals surface area contributed by atoms with Crippen LogP contribution < -0.4 is 20.1 Å². The molecular formula is C21H31N3O4. The molecule has 7 nitrogen and oxygen atoms in total. The van der Waals surface area contributed by atoms with Crippen LogP contribution in [0.3, 0.4) is 0 Å². The van der Waals surface area contributed by atoms with Gasteiger partial charge < -0.3 is 20.1 Å². The predicted octanol–water partition coefficient (Wildman–Crippen LogP) is 2.41. The van der Waals surface area contributed by atoms with Gasteiger partial charge in [-0.05, 0) is 50.9 Å². The Bertz CT molecular complexity index is 680. The van der Waals surface area contributed by atoms with Gasteiger partial charge in [0.1, 0.15) is 11.5 Å². The van der Waals surface area contributed by atoms with E-state index in [1.807, 2.05) is 0 Å². The summed E-state index contributed by atoms with van der Waals surface area (Å²) >= 11 is 0. The SMILES string of the molecule is COc1ccc(NC(=O)CN2CCC(C(=O)NC3CCCC3)CC2)c(OC)c1. The molecule has 7 heteroatoms. The smallest absolute Gasteiger partial charge is 0.238 e. The molecule has 2 fully saturated rings. The number of methoxy groups -OCH3 is 2. The summed E-state index contributed by atoms with van der Waals surface area (Å²) in [6.45, 7) is 1.83. The quantitative estimate of drug-likeness (QED) is 0.749. The average Bonchev–Trinajstić information content (AvgIpc) is 3.21. The Kier molecular flexibility index (Phi) is 7.14. The first-order valence-corrected chi connectivity index (χ1v) is 10.1. The maximum absolute atomic E-state index is 12.4. The number of carbonyl (C=O) groups excluding carboxylic acids is 2. The van der Waals surface area contributed by atoms with E-state index in [0.717, 1.165) is 38.8 Å². The molecule has 1 aliphatic heterocycles. The highest BCUT2D eigenvalue weighted by Gasteiger charge is 2.28. The van der Waals surface area contributed by atoms with Crippen LogP contribution in [-0.2, 0) is 9.59 Å². The molecule has 1 aromatic rings. The number of likely N-dealkylation sites (tertiary alicyclic amines) is 1. The molecule has 1 aromatic carbocycles. The highest BCUT2D eigenvalue weighted by atomic mass is 16.5. The van der Waals surface area contributed by atoms with Gasteiger partial charge in [0.2, 0.25) is 11.8 Å².